The Morgan fingerprint density at radius 3 is 2.90 bits per heavy atom. The fourth-order valence-electron chi connectivity index (χ4n) is 1.66. The molecule has 0 saturated heterocycles. The minimum atomic E-state index is -0.278. The molecule has 21 heavy (non-hydrogen) atoms. The van der Waals surface area contributed by atoms with Crippen molar-refractivity contribution >= 4 is 40.4 Å². The molecule has 1 amide bonds. The number of hydrogen-bond acceptors (Lipinski definition) is 4. The minimum absolute atomic E-state index is 0.0212. The summed E-state index contributed by atoms with van der Waals surface area (Å²) >= 11 is 7.22. The number of hydrogen-bond donors (Lipinski definition) is 1. The van der Waals surface area contributed by atoms with Gasteiger partial charge in [0.1, 0.15) is 5.52 Å². The lowest BCUT2D eigenvalue weighted by atomic mass is 10.0. The molecule has 0 saturated carbocycles. The zero-order valence-corrected chi connectivity index (χ0v) is 14.1. The Bertz CT molecular complexity index is 654. The summed E-state index contributed by atoms with van der Waals surface area (Å²) in [6.45, 7) is 7.89. The molecule has 4 nitrogen and oxygen atoms in total. The number of fused-ring (bicyclic) bond motifs is 1. The largest absolute Gasteiger partial charge is 0.431 e. The number of amides is 1. The molecule has 0 aliphatic rings. The SMILES string of the molecule is CCC(C)(C)NC(=O)C(C)Sc1nc2cc(Cl)ccc2o1. The van der Waals surface area contributed by atoms with Crippen molar-refractivity contribution < 1.29 is 9.21 Å². The molecule has 0 aliphatic carbocycles. The van der Waals surface area contributed by atoms with E-state index in [9.17, 15) is 4.79 Å². The first kappa shape index (κ1) is 16.2. The maximum Gasteiger partial charge on any atom is 0.257 e. The topological polar surface area (TPSA) is 55.1 Å². The minimum Gasteiger partial charge on any atom is -0.431 e. The van der Waals surface area contributed by atoms with Crippen LogP contribution in [0.2, 0.25) is 5.02 Å². The van der Waals surface area contributed by atoms with Crippen molar-refractivity contribution in [3.63, 3.8) is 0 Å². The van der Waals surface area contributed by atoms with Crippen molar-refractivity contribution in [3.05, 3.63) is 23.2 Å². The highest BCUT2D eigenvalue weighted by atomic mass is 35.5. The molecule has 1 atom stereocenters. The van der Waals surface area contributed by atoms with Crippen LogP contribution in [-0.4, -0.2) is 21.7 Å². The van der Waals surface area contributed by atoms with Gasteiger partial charge in [0.25, 0.3) is 5.22 Å². The second-order valence-electron chi connectivity index (χ2n) is 5.58. The molecule has 1 aromatic carbocycles. The zero-order chi connectivity index (χ0) is 15.6. The Labute approximate surface area is 133 Å². The van der Waals surface area contributed by atoms with Crippen molar-refractivity contribution in [1.29, 1.82) is 0 Å². The van der Waals surface area contributed by atoms with Gasteiger partial charge >= 0.3 is 0 Å². The number of carbonyl (C=O) groups excluding carboxylic acids is 1. The first-order chi connectivity index (χ1) is 9.80. The molecule has 2 rings (SSSR count). The van der Waals surface area contributed by atoms with Crippen LogP contribution in [0.15, 0.2) is 27.8 Å². The standard InChI is InChI=1S/C15H19ClN2O2S/c1-5-15(3,4)18-13(19)9(2)21-14-17-11-8-10(16)6-7-12(11)20-14/h6-9H,5H2,1-4H3,(H,18,19). The summed E-state index contributed by atoms with van der Waals surface area (Å²) in [5.41, 5.74) is 1.16. The van der Waals surface area contributed by atoms with Gasteiger partial charge in [0.05, 0.1) is 5.25 Å². The van der Waals surface area contributed by atoms with E-state index in [1.165, 1.54) is 11.8 Å². The van der Waals surface area contributed by atoms with Gasteiger partial charge < -0.3 is 9.73 Å². The first-order valence-electron chi connectivity index (χ1n) is 6.85. The van der Waals surface area contributed by atoms with E-state index >= 15 is 0 Å². The average Bonchev–Trinajstić information content (AvgIpc) is 2.79. The van der Waals surface area contributed by atoms with E-state index in [0.717, 1.165) is 6.42 Å². The third-order valence-corrected chi connectivity index (χ3v) is 4.50. The predicted molar refractivity (Wildman–Crippen MR) is 86.9 cm³/mol. The van der Waals surface area contributed by atoms with Crippen molar-refractivity contribution in [2.24, 2.45) is 0 Å². The van der Waals surface area contributed by atoms with Crippen LogP contribution in [0.1, 0.15) is 34.1 Å². The molecule has 0 aliphatic heterocycles. The molecule has 0 fully saturated rings. The first-order valence-corrected chi connectivity index (χ1v) is 8.11. The van der Waals surface area contributed by atoms with Crippen LogP contribution in [0.4, 0.5) is 0 Å². The lowest BCUT2D eigenvalue weighted by Crippen LogP contribution is -2.46. The third-order valence-electron chi connectivity index (χ3n) is 3.32. The Kier molecular flexibility index (Phi) is 4.84. The Morgan fingerprint density at radius 2 is 2.24 bits per heavy atom. The Balaban J connectivity index is 2.07. The van der Waals surface area contributed by atoms with E-state index < -0.39 is 0 Å². The van der Waals surface area contributed by atoms with Crippen molar-refractivity contribution in [3.8, 4) is 0 Å². The number of halogens is 1. The summed E-state index contributed by atoms with van der Waals surface area (Å²) < 4.78 is 5.61. The van der Waals surface area contributed by atoms with Crippen LogP contribution in [0.3, 0.4) is 0 Å². The van der Waals surface area contributed by atoms with Crippen LogP contribution in [0, 0.1) is 0 Å². The molecule has 0 bridgehead atoms. The van der Waals surface area contributed by atoms with E-state index in [1.54, 1.807) is 18.2 Å². The number of rotatable bonds is 5. The van der Waals surface area contributed by atoms with Crippen LogP contribution in [0.5, 0.6) is 0 Å². The van der Waals surface area contributed by atoms with Crippen molar-refractivity contribution in [1.82, 2.24) is 10.3 Å². The van der Waals surface area contributed by atoms with E-state index in [1.807, 2.05) is 27.7 Å². The molecule has 1 heterocycles. The number of thioether (sulfide) groups is 1. The predicted octanol–water partition coefficient (Wildman–Crippen LogP) is 4.27. The molecule has 1 aromatic heterocycles. The van der Waals surface area contributed by atoms with E-state index in [4.69, 9.17) is 16.0 Å². The van der Waals surface area contributed by atoms with Gasteiger partial charge in [0.15, 0.2) is 5.58 Å². The molecule has 6 heteroatoms. The smallest absolute Gasteiger partial charge is 0.257 e. The molecular formula is C15H19ClN2O2S. The van der Waals surface area contributed by atoms with Gasteiger partial charge in [-0.2, -0.15) is 0 Å². The van der Waals surface area contributed by atoms with Gasteiger partial charge in [-0.15, -0.1) is 0 Å². The quantitative estimate of drug-likeness (QED) is 0.834. The lowest BCUT2D eigenvalue weighted by Gasteiger charge is -2.25. The lowest BCUT2D eigenvalue weighted by molar-refractivity contribution is -0.121. The van der Waals surface area contributed by atoms with Gasteiger partial charge in [0, 0.05) is 10.6 Å². The molecule has 1 unspecified atom stereocenters. The number of carbonyl (C=O) groups is 1. The van der Waals surface area contributed by atoms with Gasteiger partial charge in [0.2, 0.25) is 5.91 Å². The van der Waals surface area contributed by atoms with Crippen LogP contribution in [-0.2, 0) is 4.79 Å². The van der Waals surface area contributed by atoms with Crippen LogP contribution < -0.4 is 5.32 Å². The molecule has 0 spiro atoms. The zero-order valence-electron chi connectivity index (χ0n) is 12.6. The number of aromatic nitrogens is 1. The van der Waals surface area contributed by atoms with E-state index in [2.05, 4.69) is 10.3 Å². The normalized spacial score (nSPS) is 13.4. The van der Waals surface area contributed by atoms with E-state index in [0.29, 0.717) is 21.3 Å². The summed E-state index contributed by atoms with van der Waals surface area (Å²) in [4.78, 5) is 16.5. The average molecular weight is 327 g/mol. The third kappa shape index (κ3) is 4.14. The molecule has 1 N–H and O–H groups in total. The monoisotopic (exact) mass is 326 g/mol. The van der Waals surface area contributed by atoms with Gasteiger partial charge in [-0.1, -0.05) is 30.3 Å². The second-order valence-corrected chi connectivity index (χ2v) is 7.31. The number of oxazole rings is 1. The summed E-state index contributed by atoms with van der Waals surface area (Å²) in [7, 11) is 0. The fourth-order valence-corrected chi connectivity index (χ4v) is 2.58. The summed E-state index contributed by atoms with van der Waals surface area (Å²) in [6.07, 6.45) is 0.873. The molecular weight excluding hydrogens is 308 g/mol. The maximum absolute atomic E-state index is 12.2. The number of benzene rings is 1. The van der Waals surface area contributed by atoms with Gasteiger partial charge in [-0.3, -0.25) is 4.79 Å². The summed E-state index contributed by atoms with van der Waals surface area (Å²) in [6, 6.07) is 5.28. The molecule has 0 radical (unpaired) electrons. The highest BCUT2D eigenvalue weighted by Crippen LogP contribution is 2.28. The second kappa shape index (κ2) is 6.28. The molecule has 114 valence electrons. The highest BCUT2D eigenvalue weighted by molar-refractivity contribution is 8.00. The highest BCUT2D eigenvalue weighted by Gasteiger charge is 2.23. The summed E-state index contributed by atoms with van der Waals surface area (Å²) in [5.74, 6) is -0.0212. The molecule has 2 aromatic rings. The number of nitrogens with one attached hydrogen (secondary N) is 1. The van der Waals surface area contributed by atoms with Crippen LogP contribution in [0.25, 0.3) is 11.1 Å². The van der Waals surface area contributed by atoms with Crippen molar-refractivity contribution in [2.45, 2.75) is 50.1 Å². The maximum atomic E-state index is 12.2. The Morgan fingerprint density at radius 1 is 1.52 bits per heavy atom. The van der Waals surface area contributed by atoms with Gasteiger partial charge in [-0.05, 0) is 45.4 Å². The van der Waals surface area contributed by atoms with Crippen molar-refractivity contribution in [2.75, 3.05) is 0 Å². The fraction of sp³-hybridized carbons (Fsp3) is 0.467. The van der Waals surface area contributed by atoms with E-state index in [-0.39, 0.29) is 16.7 Å². The summed E-state index contributed by atoms with van der Waals surface area (Å²) in [5, 5.41) is 3.83. The van der Waals surface area contributed by atoms with Gasteiger partial charge in [-0.25, -0.2) is 4.98 Å². The van der Waals surface area contributed by atoms with Crippen LogP contribution >= 0.6 is 23.4 Å². The Hall–Kier alpha value is -1.20. The number of nitrogens with zero attached hydrogens (tertiary/aromatic N) is 1.